The lowest BCUT2D eigenvalue weighted by Crippen LogP contribution is -1.97. The van der Waals surface area contributed by atoms with Crippen molar-refractivity contribution in [3.63, 3.8) is 0 Å². The zero-order valence-corrected chi connectivity index (χ0v) is 12.5. The summed E-state index contributed by atoms with van der Waals surface area (Å²) in [7, 11) is 0. The minimum absolute atomic E-state index is 0.320. The summed E-state index contributed by atoms with van der Waals surface area (Å²) in [5.41, 5.74) is 2.30. The molecular weight excluding hydrogens is 308 g/mol. The Balaban J connectivity index is 1.67. The monoisotopic (exact) mass is 322 g/mol. The summed E-state index contributed by atoms with van der Waals surface area (Å²) in [6.45, 7) is 4.41. The minimum Gasteiger partial charge on any atom is -0.484 e. The van der Waals surface area contributed by atoms with Crippen LogP contribution in [0.2, 0.25) is 0 Å². The van der Waals surface area contributed by atoms with E-state index >= 15 is 0 Å². The van der Waals surface area contributed by atoms with Crippen molar-refractivity contribution in [2.24, 2.45) is 0 Å². The van der Waals surface area contributed by atoms with Crippen molar-refractivity contribution in [1.82, 2.24) is 10.1 Å². The van der Waals surface area contributed by atoms with Gasteiger partial charge in [0.15, 0.2) is 12.4 Å². The van der Waals surface area contributed by atoms with Crippen LogP contribution in [0.15, 0.2) is 21.1 Å². The van der Waals surface area contributed by atoms with Crippen LogP contribution in [0.25, 0.3) is 0 Å². The number of halogens is 1. The summed E-state index contributed by atoms with van der Waals surface area (Å²) < 4.78 is 12.0. The molecule has 19 heavy (non-hydrogen) atoms. The third-order valence-corrected chi connectivity index (χ3v) is 4.45. The van der Waals surface area contributed by atoms with Crippen molar-refractivity contribution in [1.29, 1.82) is 0 Å². The molecule has 100 valence electrons. The van der Waals surface area contributed by atoms with Crippen molar-refractivity contribution >= 4 is 15.9 Å². The highest BCUT2D eigenvalue weighted by Gasteiger charge is 2.28. The second-order valence-corrected chi connectivity index (χ2v) is 5.77. The number of hydrogen-bond acceptors (Lipinski definition) is 4. The zero-order valence-electron chi connectivity index (χ0n) is 10.9. The Morgan fingerprint density at radius 1 is 1.32 bits per heavy atom. The standard InChI is InChI=1S/C14H15BrN2O2/c1-8-5-11(6-9(2)13(8)15)18-7-12-16-14(17-19-12)10-3-4-10/h5-6,10H,3-4,7H2,1-2H3. The third kappa shape index (κ3) is 2.81. The summed E-state index contributed by atoms with van der Waals surface area (Å²) in [5.74, 6) is 2.70. The molecule has 1 fully saturated rings. The molecule has 1 aromatic carbocycles. The summed E-state index contributed by atoms with van der Waals surface area (Å²) >= 11 is 3.54. The fourth-order valence-electron chi connectivity index (χ4n) is 1.97. The van der Waals surface area contributed by atoms with Crippen molar-refractivity contribution in [3.8, 4) is 5.75 Å². The number of nitrogens with zero attached hydrogens (tertiary/aromatic N) is 2. The smallest absolute Gasteiger partial charge is 0.264 e. The number of aromatic nitrogens is 2. The van der Waals surface area contributed by atoms with Gasteiger partial charge in [0.2, 0.25) is 0 Å². The molecule has 2 aromatic rings. The van der Waals surface area contributed by atoms with Gasteiger partial charge in [-0.15, -0.1) is 0 Å². The van der Waals surface area contributed by atoms with Crippen LogP contribution in [0.1, 0.15) is 41.6 Å². The molecule has 1 heterocycles. The number of hydrogen-bond donors (Lipinski definition) is 0. The van der Waals surface area contributed by atoms with Gasteiger partial charge in [0, 0.05) is 10.4 Å². The van der Waals surface area contributed by atoms with Crippen LogP contribution < -0.4 is 4.74 Å². The second kappa shape index (κ2) is 4.96. The Bertz CT molecular complexity index is 582. The summed E-state index contributed by atoms with van der Waals surface area (Å²) in [4.78, 5) is 4.34. The van der Waals surface area contributed by atoms with Gasteiger partial charge in [-0.2, -0.15) is 4.98 Å². The molecule has 0 amide bonds. The van der Waals surface area contributed by atoms with Gasteiger partial charge in [-0.1, -0.05) is 21.1 Å². The van der Waals surface area contributed by atoms with Gasteiger partial charge in [-0.3, -0.25) is 0 Å². The number of benzene rings is 1. The maximum atomic E-state index is 5.71. The Labute approximate surface area is 120 Å². The highest BCUT2D eigenvalue weighted by Crippen LogP contribution is 2.38. The minimum atomic E-state index is 0.320. The molecule has 0 radical (unpaired) electrons. The molecular formula is C14H15BrN2O2. The van der Waals surface area contributed by atoms with Crippen LogP contribution in [0.5, 0.6) is 5.75 Å². The van der Waals surface area contributed by atoms with Crippen LogP contribution in [0.4, 0.5) is 0 Å². The predicted molar refractivity (Wildman–Crippen MR) is 74.2 cm³/mol. The molecule has 0 unspecified atom stereocenters. The predicted octanol–water partition coefficient (Wildman–Crippen LogP) is 3.91. The first-order valence-electron chi connectivity index (χ1n) is 6.35. The molecule has 5 heteroatoms. The summed E-state index contributed by atoms with van der Waals surface area (Å²) in [6, 6.07) is 3.99. The number of rotatable bonds is 4. The van der Waals surface area contributed by atoms with Crippen LogP contribution in [-0.2, 0) is 6.61 Å². The molecule has 0 spiro atoms. The van der Waals surface area contributed by atoms with Gasteiger partial charge >= 0.3 is 0 Å². The van der Waals surface area contributed by atoms with Crippen molar-refractivity contribution in [2.45, 2.75) is 39.2 Å². The molecule has 1 aromatic heterocycles. The van der Waals surface area contributed by atoms with E-state index in [1.54, 1.807) is 0 Å². The van der Waals surface area contributed by atoms with Gasteiger partial charge in [0.05, 0.1) is 0 Å². The summed E-state index contributed by atoms with van der Waals surface area (Å²) in [6.07, 6.45) is 2.34. The molecule has 0 bridgehead atoms. The van der Waals surface area contributed by atoms with E-state index in [4.69, 9.17) is 9.26 Å². The number of ether oxygens (including phenoxy) is 1. The SMILES string of the molecule is Cc1cc(OCc2nc(C3CC3)no2)cc(C)c1Br. The highest BCUT2D eigenvalue weighted by molar-refractivity contribution is 9.10. The quantitative estimate of drug-likeness (QED) is 0.856. The van der Waals surface area contributed by atoms with Gasteiger partial charge in [0.1, 0.15) is 5.75 Å². The second-order valence-electron chi connectivity index (χ2n) is 4.98. The molecule has 0 saturated heterocycles. The van der Waals surface area contributed by atoms with Gasteiger partial charge in [-0.25, -0.2) is 0 Å². The van der Waals surface area contributed by atoms with E-state index in [2.05, 4.69) is 26.1 Å². The first-order valence-corrected chi connectivity index (χ1v) is 7.15. The third-order valence-electron chi connectivity index (χ3n) is 3.20. The average molecular weight is 323 g/mol. The molecule has 0 aliphatic heterocycles. The van der Waals surface area contributed by atoms with E-state index in [9.17, 15) is 0 Å². The lowest BCUT2D eigenvalue weighted by atomic mass is 10.1. The maximum absolute atomic E-state index is 5.71. The van der Waals surface area contributed by atoms with E-state index in [0.29, 0.717) is 18.4 Å². The van der Waals surface area contributed by atoms with Crippen LogP contribution in [0.3, 0.4) is 0 Å². The van der Waals surface area contributed by atoms with Gasteiger partial charge < -0.3 is 9.26 Å². The fraction of sp³-hybridized carbons (Fsp3) is 0.429. The summed E-state index contributed by atoms with van der Waals surface area (Å²) in [5, 5.41) is 3.97. The molecule has 0 atom stereocenters. The average Bonchev–Trinajstić information content (AvgIpc) is 3.13. The van der Waals surface area contributed by atoms with E-state index in [1.165, 1.54) is 12.8 Å². The van der Waals surface area contributed by atoms with Crippen LogP contribution >= 0.6 is 15.9 Å². The Morgan fingerprint density at radius 2 is 2.00 bits per heavy atom. The van der Waals surface area contributed by atoms with Gasteiger partial charge in [0.25, 0.3) is 5.89 Å². The van der Waals surface area contributed by atoms with Crippen molar-refractivity contribution < 1.29 is 9.26 Å². The van der Waals surface area contributed by atoms with E-state index in [0.717, 1.165) is 27.2 Å². The van der Waals surface area contributed by atoms with E-state index in [-0.39, 0.29) is 0 Å². The topological polar surface area (TPSA) is 48.2 Å². The largest absolute Gasteiger partial charge is 0.484 e. The van der Waals surface area contributed by atoms with Crippen LogP contribution in [-0.4, -0.2) is 10.1 Å². The first kappa shape index (κ1) is 12.7. The molecule has 4 nitrogen and oxygen atoms in total. The highest BCUT2D eigenvalue weighted by atomic mass is 79.9. The Kier molecular flexibility index (Phi) is 3.31. The van der Waals surface area contributed by atoms with Gasteiger partial charge in [-0.05, 0) is 49.9 Å². The lowest BCUT2D eigenvalue weighted by molar-refractivity contribution is 0.242. The first-order chi connectivity index (χ1) is 9.13. The fourth-order valence-corrected chi connectivity index (χ4v) is 2.20. The van der Waals surface area contributed by atoms with Crippen LogP contribution in [0, 0.1) is 13.8 Å². The molecule has 1 aliphatic rings. The maximum Gasteiger partial charge on any atom is 0.264 e. The zero-order chi connectivity index (χ0) is 13.4. The Hall–Kier alpha value is -1.36. The lowest BCUT2D eigenvalue weighted by Gasteiger charge is -2.08. The number of aryl methyl sites for hydroxylation is 2. The van der Waals surface area contributed by atoms with Crippen molar-refractivity contribution in [2.75, 3.05) is 0 Å². The molecule has 1 aliphatic carbocycles. The van der Waals surface area contributed by atoms with Crippen molar-refractivity contribution in [3.05, 3.63) is 39.4 Å². The molecule has 1 saturated carbocycles. The normalized spacial score (nSPS) is 14.7. The molecule has 3 rings (SSSR count). The van der Waals surface area contributed by atoms with E-state index in [1.807, 2.05) is 26.0 Å². The Morgan fingerprint density at radius 3 is 2.63 bits per heavy atom. The molecule has 0 N–H and O–H groups in total. The van der Waals surface area contributed by atoms with E-state index < -0.39 is 0 Å².